The van der Waals surface area contributed by atoms with Crippen molar-refractivity contribution in [1.29, 1.82) is 0 Å². The van der Waals surface area contributed by atoms with E-state index in [2.05, 4.69) is 48.2 Å². The highest BCUT2D eigenvalue weighted by Gasteiger charge is 2.22. The lowest BCUT2D eigenvalue weighted by Crippen LogP contribution is -2.20. The van der Waals surface area contributed by atoms with Gasteiger partial charge in [-0.3, -0.25) is 0 Å². The summed E-state index contributed by atoms with van der Waals surface area (Å²) in [6.45, 7) is 4.89. The van der Waals surface area contributed by atoms with Crippen LogP contribution in [0, 0.1) is 0 Å². The van der Waals surface area contributed by atoms with Crippen LogP contribution in [0.25, 0.3) is 0 Å². The Balaban J connectivity index is 2.13. The van der Waals surface area contributed by atoms with Crippen LogP contribution in [0.3, 0.4) is 0 Å². The molecule has 1 atom stereocenters. The third-order valence-electron chi connectivity index (χ3n) is 3.45. The Kier molecular flexibility index (Phi) is 3.25. The molecule has 2 aromatic rings. The fourth-order valence-corrected chi connectivity index (χ4v) is 3.52. The summed E-state index contributed by atoms with van der Waals surface area (Å²) in [5.41, 5.74) is 3.42. The topological polar surface area (TPSA) is 23.5 Å². The quantitative estimate of drug-likeness (QED) is 0.877. The van der Waals surface area contributed by atoms with Crippen molar-refractivity contribution in [2.45, 2.75) is 29.7 Å². The highest BCUT2D eigenvalue weighted by Crippen LogP contribution is 2.48. The van der Waals surface area contributed by atoms with Gasteiger partial charge in [0.05, 0.1) is 17.5 Å². The molecule has 98 valence electrons. The lowest BCUT2D eigenvalue weighted by molar-refractivity contribution is 0.199. The molecule has 1 aliphatic heterocycles. The van der Waals surface area contributed by atoms with Gasteiger partial charge in [0.25, 0.3) is 0 Å². The predicted octanol–water partition coefficient (Wildman–Crippen LogP) is 4.36. The number of aliphatic hydroxyl groups excluding tert-OH is 1. The SMILES string of the molecule is CCN1c2ccccc2Sc2ccc([C@@H](C)O)cc21. The van der Waals surface area contributed by atoms with E-state index < -0.39 is 6.10 Å². The Morgan fingerprint density at radius 1 is 1.11 bits per heavy atom. The maximum absolute atomic E-state index is 9.75. The highest BCUT2D eigenvalue weighted by atomic mass is 32.2. The number of benzene rings is 2. The van der Waals surface area contributed by atoms with Crippen molar-refractivity contribution in [1.82, 2.24) is 0 Å². The van der Waals surface area contributed by atoms with Gasteiger partial charge in [0, 0.05) is 16.3 Å². The molecule has 0 saturated carbocycles. The molecule has 1 heterocycles. The molecule has 0 aromatic heterocycles. The van der Waals surface area contributed by atoms with Gasteiger partial charge in [0.1, 0.15) is 0 Å². The van der Waals surface area contributed by atoms with Crippen molar-refractivity contribution in [2.75, 3.05) is 11.4 Å². The van der Waals surface area contributed by atoms with Crippen molar-refractivity contribution >= 4 is 23.1 Å². The molecule has 3 rings (SSSR count). The summed E-state index contributed by atoms with van der Waals surface area (Å²) in [7, 11) is 0. The molecule has 2 nitrogen and oxygen atoms in total. The van der Waals surface area contributed by atoms with E-state index in [0.29, 0.717) is 0 Å². The van der Waals surface area contributed by atoms with Crippen LogP contribution in [0.4, 0.5) is 11.4 Å². The van der Waals surface area contributed by atoms with Crippen molar-refractivity contribution in [3.05, 3.63) is 48.0 Å². The first-order valence-electron chi connectivity index (χ1n) is 6.57. The fraction of sp³-hybridized carbons (Fsp3) is 0.250. The summed E-state index contributed by atoms with van der Waals surface area (Å²) in [5, 5.41) is 9.75. The molecule has 0 bridgehead atoms. The number of para-hydroxylation sites is 1. The van der Waals surface area contributed by atoms with E-state index in [1.807, 2.05) is 13.0 Å². The van der Waals surface area contributed by atoms with E-state index >= 15 is 0 Å². The molecular formula is C16H17NOS. The molecule has 1 N–H and O–H groups in total. The van der Waals surface area contributed by atoms with Crippen LogP contribution in [0.15, 0.2) is 52.3 Å². The fourth-order valence-electron chi connectivity index (χ4n) is 2.45. The Hall–Kier alpha value is -1.45. The van der Waals surface area contributed by atoms with E-state index in [-0.39, 0.29) is 0 Å². The first-order chi connectivity index (χ1) is 9.20. The number of fused-ring (bicyclic) bond motifs is 2. The molecule has 3 heteroatoms. The summed E-state index contributed by atoms with van der Waals surface area (Å²) in [6.07, 6.45) is -0.425. The molecule has 0 unspecified atom stereocenters. The zero-order valence-electron chi connectivity index (χ0n) is 11.1. The number of hydrogen-bond acceptors (Lipinski definition) is 3. The Morgan fingerprint density at radius 3 is 2.58 bits per heavy atom. The van der Waals surface area contributed by atoms with Gasteiger partial charge >= 0.3 is 0 Å². The van der Waals surface area contributed by atoms with E-state index in [9.17, 15) is 5.11 Å². The van der Waals surface area contributed by atoms with Crippen molar-refractivity contribution < 1.29 is 5.11 Å². The summed E-state index contributed by atoms with van der Waals surface area (Å²) >= 11 is 1.80. The molecule has 0 aliphatic carbocycles. The zero-order valence-corrected chi connectivity index (χ0v) is 11.9. The van der Waals surface area contributed by atoms with Gasteiger partial charge in [-0.2, -0.15) is 0 Å². The Bertz CT molecular complexity index is 609. The largest absolute Gasteiger partial charge is 0.389 e. The zero-order chi connectivity index (χ0) is 13.4. The second-order valence-corrected chi connectivity index (χ2v) is 5.80. The normalized spacial score (nSPS) is 14.8. The summed E-state index contributed by atoms with van der Waals surface area (Å²) in [5.74, 6) is 0. The van der Waals surface area contributed by atoms with Gasteiger partial charge < -0.3 is 10.0 Å². The molecule has 2 aromatic carbocycles. The Morgan fingerprint density at radius 2 is 1.84 bits per heavy atom. The smallest absolute Gasteiger partial charge is 0.0762 e. The lowest BCUT2D eigenvalue weighted by Gasteiger charge is -2.32. The Labute approximate surface area is 118 Å². The minimum Gasteiger partial charge on any atom is -0.389 e. The van der Waals surface area contributed by atoms with Gasteiger partial charge in [-0.1, -0.05) is 30.0 Å². The summed E-state index contributed by atoms with van der Waals surface area (Å²) < 4.78 is 0. The van der Waals surface area contributed by atoms with Crippen molar-refractivity contribution in [2.24, 2.45) is 0 Å². The minimum absolute atomic E-state index is 0.425. The number of aliphatic hydroxyl groups is 1. The average molecular weight is 271 g/mol. The molecule has 0 saturated heterocycles. The van der Waals surface area contributed by atoms with E-state index in [0.717, 1.165) is 12.1 Å². The van der Waals surface area contributed by atoms with Gasteiger partial charge in [-0.15, -0.1) is 0 Å². The monoisotopic (exact) mass is 271 g/mol. The second kappa shape index (κ2) is 4.91. The molecule has 0 radical (unpaired) electrons. The summed E-state index contributed by atoms with van der Waals surface area (Å²) in [6, 6.07) is 14.7. The maximum Gasteiger partial charge on any atom is 0.0762 e. The number of anilines is 2. The average Bonchev–Trinajstić information content (AvgIpc) is 2.44. The molecule has 0 amide bonds. The maximum atomic E-state index is 9.75. The van der Waals surface area contributed by atoms with Gasteiger partial charge in [-0.25, -0.2) is 0 Å². The van der Waals surface area contributed by atoms with Crippen LogP contribution in [-0.2, 0) is 0 Å². The van der Waals surface area contributed by atoms with Gasteiger partial charge in [0.2, 0.25) is 0 Å². The van der Waals surface area contributed by atoms with Crippen LogP contribution in [0.2, 0.25) is 0 Å². The minimum atomic E-state index is -0.425. The molecule has 1 aliphatic rings. The molecule has 0 fully saturated rings. The first-order valence-corrected chi connectivity index (χ1v) is 7.38. The lowest BCUT2D eigenvalue weighted by atomic mass is 10.1. The summed E-state index contributed by atoms with van der Waals surface area (Å²) in [4.78, 5) is 4.86. The van der Waals surface area contributed by atoms with E-state index in [4.69, 9.17) is 0 Å². The van der Waals surface area contributed by atoms with Crippen LogP contribution < -0.4 is 4.90 Å². The highest BCUT2D eigenvalue weighted by molar-refractivity contribution is 7.99. The number of hydrogen-bond donors (Lipinski definition) is 1. The number of nitrogens with zero attached hydrogens (tertiary/aromatic N) is 1. The second-order valence-electron chi connectivity index (χ2n) is 4.72. The first kappa shape index (κ1) is 12.6. The standard InChI is InChI=1S/C16H17NOS/c1-3-17-13-6-4-5-7-15(13)19-16-9-8-12(11(2)18)10-14(16)17/h4-11,18H,3H2,1-2H3/t11-/m1/s1. The third-order valence-corrected chi connectivity index (χ3v) is 4.58. The number of rotatable bonds is 2. The van der Waals surface area contributed by atoms with Crippen LogP contribution in [0.5, 0.6) is 0 Å². The molecule has 19 heavy (non-hydrogen) atoms. The van der Waals surface area contributed by atoms with E-state index in [1.54, 1.807) is 11.8 Å². The third kappa shape index (κ3) is 2.13. The van der Waals surface area contributed by atoms with Gasteiger partial charge in [0.15, 0.2) is 0 Å². The van der Waals surface area contributed by atoms with Crippen LogP contribution >= 0.6 is 11.8 Å². The molecule has 0 spiro atoms. The van der Waals surface area contributed by atoms with Crippen LogP contribution in [-0.4, -0.2) is 11.7 Å². The van der Waals surface area contributed by atoms with Crippen molar-refractivity contribution in [3.8, 4) is 0 Å². The van der Waals surface area contributed by atoms with Crippen LogP contribution in [0.1, 0.15) is 25.5 Å². The predicted molar refractivity (Wildman–Crippen MR) is 80.3 cm³/mol. The van der Waals surface area contributed by atoms with E-state index in [1.165, 1.54) is 21.2 Å². The molecular weight excluding hydrogens is 254 g/mol. The van der Waals surface area contributed by atoms with Crippen molar-refractivity contribution in [3.63, 3.8) is 0 Å². The van der Waals surface area contributed by atoms with Gasteiger partial charge in [-0.05, 0) is 43.7 Å².